The van der Waals surface area contributed by atoms with Gasteiger partial charge in [0, 0.05) is 23.1 Å². The van der Waals surface area contributed by atoms with E-state index in [4.69, 9.17) is 0 Å². The first kappa shape index (κ1) is 16.5. The Morgan fingerprint density at radius 3 is 2.25 bits per heavy atom. The summed E-state index contributed by atoms with van der Waals surface area (Å²) in [6, 6.07) is 3.41. The van der Waals surface area contributed by atoms with Gasteiger partial charge in [-0.25, -0.2) is 0 Å². The van der Waals surface area contributed by atoms with Crippen LogP contribution in [0.25, 0.3) is 0 Å². The molecule has 0 fully saturated rings. The molecule has 1 aromatic carbocycles. The molecule has 20 heavy (non-hydrogen) atoms. The Morgan fingerprint density at radius 1 is 1.25 bits per heavy atom. The fourth-order valence-corrected chi connectivity index (χ4v) is 2.08. The van der Waals surface area contributed by atoms with Gasteiger partial charge in [-0.2, -0.15) is 13.2 Å². The molecule has 0 aromatic heterocycles. The summed E-state index contributed by atoms with van der Waals surface area (Å²) in [5, 5.41) is 0. The van der Waals surface area contributed by atoms with Gasteiger partial charge in [0.25, 0.3) is 5.91 Å². The maximum absolute atomic E-state index is 12.8. The molecule has 0 aliphatic heterocycles. The van der Waals surface area contributed by atoms with Crippen LogP contribution in [0.15, 0.2) is 48.0 Å². The number of halogens is 4. The van der Waals surface area contributed by atoms with E-state index in [1.165, 1.54) is 29.2 Å². The van der Waals surface area contributed by atoms with Crippen molar-refractivity contribution in [3.63, 3.8) is 0 Å². The predicted octanol–water partition coefficient (Wildman–Crippen LogP) is 4.28. The minimum atomic E-state index is -4.52. The zero-order valence-electron chi connectivity index (χ0n) is 10.6. The number of hydrogen-bond donors (Lipinski definition) is 0. The van der Waals surface area contributed by atoms with Crippen molar-refractivity contribution >= 4 is 21.8 Å². The largest absolute Gasteiger partial charge is 0.417 e. The van der Waals surface area contributed by atoms with Gasteiger partial charge in [0.1, 0.15) is 0 Å². The minimum absolute atomic E-state index is 0.0239. The molecule has 0 heterocycles. The third-order valence-electron chi connectivity index (χ3n) is 2.50. The number of nitrogens with zero attached hydrogens (tertiary/aromatic N) is 1. The minimum Gasteiger partial charge on any atom is -0.331 e. The van der Waals surface area contributed by atoms with Crippen LogP contribution in [0, 0.1) is 0 Å². The number of carbonyl (C=O) groups excluding carboxylic acids is 1. The van der Waals surface area contributed by atoms with Gasteiger partial charge in [-0.15, -0.1) is 13.2 Å². The quantitative estimate of drug-likeness (QED) is 0.728. The third-order valence-corrected chi connectivity index (χ3v) is 3.20. The number of carbonyl (C=O) groups is 1. The van der Waals surface area contributed by atoms with Crippen LogP contribution in [0.1, 0.15) is 15.9 Å². The van der Waals surface area contributed by atoms with Crippen LogP contribution in [-0.2, 0) is 6.18 Å². The predicted molar refractivity (Wildman–Crippen MR) is 75.4 cm³/mol. The van der Waals surface area contributed by atoms with E-state index in [0.29, 0.717) is 0 Å². The van der Waals surface area contributed by atoms with Gasteiger partial charge < -0.3 is 4.90 Å². The molecule has 0 radical (unpaired) electrons. The van der Waals surface area contributed by atoms with Crippen molar-refractivity contribution in [2.75, 3.05) is 13.1 Å². The van der Waals surface area contributed by atoms with Crippen LogP contribution in [0.2, 0.25) is 0 Å². The molecule has 1 amide bonds. The second-order valence-electron chi connectivity index (χ2n) is 3.98. The average Bonchev–Trinajstić information content (AvgIpc) is 2.37. The van der Waals surface area contributed by atoms with Gasteiger partial charge >= 0.3 is 6.18 Å². The number of benzene rings is 1. The average molecular weight is 348 g/mol. The molecule has 6 heteroatoms. The van der Waals surface area contributed by atoms with Crippen molar-refractivity contribution in [1.82, 2.24) is 4.90 Å². The van der Waals surface area contributed by atoms with E-state index in [1.807, 2.05) is 0 Å². The fraction of sp³-hybridized carbons (Fsp3) is 0.214. The van der Waals surface area contributed by atoms with Gasteiger partial charge in [0.15, 0.2) is 0 Å². The third kappa shape index (κ3) is 3.96. The first-order chi connectivity index (χ1) is 9.31. The Bertz CT molecular complexity index is 516. The summed E-state index contributed by atoms with van der Waals surface area (Å²) < 4.78 is 38.3. The summed E-state index contributed by atoms with van der Waals surface area (Å²) >= 11 is 2.84. The van der Waals surface area contributed by atoms with Crippen LogP contribution in [0.5, 0.6) is 0 Å². The van der Waals surface area contributed by atoms with E-state index in [9.17, 15) is 18.0 Å². The topological polar surface area (TPSA) is 20.3 Å². The van der Waals surface area contributed by atoms with Gasteiger partial charge in [0.2, 0.25) is 0 Å². The lowest BCUT2D eigenvalue weighted by molar-refractivity contribution is -0.138. The summed E-state index contributed by atoms with van der Waals surface area (Å²) in [5.41, 5.74) is -0.898. The summed E-state index contributed by atoms with van der Waals surface area (Å²) in [4.78, 5) is 13.5. The molecule has 1 rings (SSSR count). The van der Waals surface area contributed by atoms with E-state index in [-0.39, 0.29) is 23.1 Å². The lowest BCUT2D eigenvalue weighted by Gasteiger charge is -2.20. The Kier molecular flexibility index (Phi) is 5.56. The maximum atomic E-state index is 12.8. The second kappa shape index (κ2) is 6.74. The molecule has 0 saturated carbocycles. The van der Waals surface area contributed by atoms with Crippen molar-refractivity contribution in [2.24, 2.45) is 0 Å². The Labute approximate surface area is 123 Å². The van der Waals surface area contributed by atoms with Crippen molar-refractivity contribution in [3.8, 4) is 0 Å². The first-order valence-corrected chi connectivity index (χ1v) is 6.48. The summed E-state index contributed by atoms with van der Waals surface area (Å²) in [5.74, 6) is -0.497. The highest BCUT2D eigenvalue weighted by molar-refractivity contribution is 9.10. The second-order valence-corrected chi connectivity index (χ2v) is 4.83. The molecule has 0 aliphatic carbocycles. The normalized spacial score (nSPS) is 11.0. The highest BCUT2D eigenvalue weighted by Crippen LogP contribution is 2.35. The molecule has 108 valence electrons. The van der Waals surface area contributed by atoms with Crippen molar-refractivity contribution < 1.29 is 18.0 Å². The molecule has 0 unspecified atom stereocenters. The van der Waals surface area contributed by atoms with Crippen LogP contribution < -0.4 is 0 Å². The van der Waals surface area contributed by atoms with Crippen molar-refractivity contribution in [3.05, 3.63) is 59.1 Å². The standard InChI is InChI=1S/C14H13BrF3NO/c1-3-7-19(8-4-2)13(20)10-5-6-12(15)11(9-10)14(16,17)18/h3-6,9H,1-2,7-8H2. The molecule has 0 spiro atoms. The summed E-state index contributed by atoms with van der Waals surface area (Å²) in [6.45, 7) is 7.50. The first-order valence-electron chi connectivity index (χ1n) is 5.69. The Hall–Kier alpha value is -1.56. The van der Waals surface area contributed by atoms with Crippen LogP contribution in [-0.4, -0.2) is 23.9 Å². The van der Waals surface area contributed by atoms with Crippen LogP contribution in [0.4, 0.5) is 13.2 Å². The SMILES string of the molecule is C=CCN(CC=C)C(=O)c1ccc(Br)c(C(F)(F)F)c1. The van der Waals surface area contributed by atoms with E-state index >= 15 is 0 Å². The maximum Gasteiger partial charge on any atom is 0.417 e. The monoisotopic (exact) mass is 347 g/mol. The lowest BCUT2D eigenvalue weighted by atomic mass is 10.1. The van der Waals surface area contributed by atoms with Gasteiger partial charge in [0.05, 0.1) is 5.56 Å². The zero-order valence-corrected chi connectivity index (χ0v) is 12.2. The molecule has 0 N–H and O–H groups in total. The summed E-state index contributed by atoms with van der Waals surface area (Å²) in [7, 11) is 0. The van der Waals surface area contributed by atoms with Gasteiger partial charge in [-0.1, -0.05) is 28.1 Å². The molecular weight excluding hydrogens is 335 g/mol. The molecule has 0 saturated heterocycles. The Morgan fingerprint density at radius 2 is 1.80 bits per heavy atom. The Balaban J connectivity index is 3.16. The molecule has 0 aliphatic rings. The highest BCUT2D eigenvalue weighted by atomic mass is 79.9. The van der Waals surface area contributed by atoms with Crippen LogP contribution >= 0.6 is 15.9 Å². The smallest absolute Gasteiger partial charge is 0.331 e. The van der Waals surface area contributed by atoms with Gasteiger partial charge in [-0.05, 0) is 18.2 Å². The van der Waals surface area contributed by atoms with Gasteiger partial charge in [-0.3, -0.25) is 4.79 Å². The molecule has 0 bridgehead atoms. The number of rotatable bonds is 5. The molecular formula is C14H13BrF3NO. The van der Waals surface area contributed by atoms with E-state index < -0.39 is 17.6 Å². The highest BCUT2D eigenvalue weighted by Gasteiger charge is 2.33. The van der Waals surface area contributed by atoms with E-state index in [0.717, 1.165) is 6.07 Å². The summed E-state index contributed by atoms with van der Waals surface area (Å²) in [6.07, 6.45) is -1.51. The molecule has 2 nitrogen and oxygen atoms in total. The fourth-order valence-electron chi connectivity index (χ4n) is 1.61. The molecule has 1 aromatic rings. The zero-order chi connectivity index (χ0) is 15.3. The van der Waals surface area contributed by atoms with Crippen LogP contribution in [0.3, 0.4) is 0 Å². The van der Waals surface area contributed by atoms with E-state index in [2.05, 4.69) is 29.1 Å². The number of alkyl halides is 3. The lowest BCUT2D eigenvalue weighted by Crippen LogP contribution is -2.31. The van der Waals surface area contributed by atoms with Crippen molar-refractivity contribution in [2.45, 2.75) is 6.18 Å². The van der Waals surface area contributed by atoms with Crippen molar-refractivity contribution in [1.29, 1.82) is 0 Å². The molecule has 0 atom stereocenters. The van der Waals surface area contributed by atoms with E-state index in [1.54, 1.807) is 0 Å². The number of hydrogen-bond acceptors (Lipinski definition) is 1. The number of amides is 1.